The third-order valence-electron chi connectivity index (χ3n) is 3.99. The van der Waals surface area contributed by atoms with E-state index in [1.807, 2.05) is 0 Å². The van der Waals surface area contributed by atoms with E-state index in [0.717, 1.165) is 6.07 Å². The molecule has 1 aromatic carbocycles. The summed E-state index contributed by atoms with van der Waals surface area (Å²) in [5, 5.41) is 6.17. The molecule has 0 aliphatic carbocycles. The molecular formula is C19H17ClF3N5O3S. The molecule has 2 N–H and O–H groups in total. The predicted molar refractivity (Wildman–Crippen MR) is 114 cm³/mol. The van der Waals surface area contributed by atoms with Gasteiger partial charge in [-0.3, -0.25) is 0 Å². The number of hydrogen-bond donors (Lipinski definition) is 2. The number of aromatic nitrogens is 3. The van der Waals surface area contributed by atoms with Crippen molar-refractivity contribution in [2.24, 2.45) is 0 Å². The summed E-state index contributed by atoms with van der Waals surface area (Å²) < 4.78 is 67.1. The van der Waals surface area contributed by atoms with Crippen molar-refractivity contribution in [3.05, 3.63) is 53.9 Å². The molecule has 2 aromatic heterocycles. The van der Waals surface area contributed by atoms with Gasteiger partial charge in [-0.1, -0.05) is 18.5 Å². The minimum Gasteiger partial charge on any atom is -0.482 e. The maximum atomic E-state index is 12.6. The molecular weight excluding hydrogens is 471 g/mol. The van der Waals surface area contributed by atoms with E-state index < -0.39 is 22.6 Å². The number of hydrogen-bond acceptors (Lipinski definition) is 8. The summed E-state index contributed by atoms with van der Waals surface area (Å²) in [6, 6.07) is 8.26. The van der Waals surface area contributed by atoms with Gasteiger partial charge in [-0.25, -0.2) is 23.4 Å². The lowest BCUT2D eigenvalue weighted by Crippen LogP contribution is -2.19. The molecule has 0 saturated heterocycles. The van der Waals surface area contributed by atoms with Crippen molar-refractivity contribution in [2.75, 3.05) is 23.0 Å². The normalized spacial score (nSPS) is 11.8. The first-order chi connectivity index (χ1) is 15.1. The lowest BCUT2D eigenvalue weighted by molar-refractivity contribution is -0.153. The van der Waals surface area contributed by atoms with Crippen molar-refractivity contribution in [1.29, 1.82) is 0 Å². The van der Waals surface area contributed by atoms with Crippen molar-refractivity contribution >= 4 is 44.6 Å². The molecule has 32 heavy (non-hydrogen) atoms. The second-order valence-corrected chi connectivity index (χ2v) is 9.08. The van der Waals surface area contributed by atoms with Crippen LogP contribution in [0.3, 0.4) is 0 Å². The average molecular weight is 488 g/mol. The van der Waals surface area contributed by atoms with Crippen LogP contribution in [-0.2, 0) is 9.84 Å². The minimum atomic E-state index is -4.57. The van der Waals surface area contributed by atoms with Gasteiger partial charge >= 0.3 is 6.18 Å². The quantitative estimate of drug-likeness (QED) is 0.469. The van der Waals surface area contributed by atoms with Crippen LogP contribution in [0.1, 0.15) is 6.92 Å². The number of halogens is 4. The Labute approximate surface area is 186 Å². The number of sulfone groups is 1. The number of benzene rings is 1. The van der Waals surface area contributed by atoms with E-state index in [0.29, 0.717) is 16.7 Å². The second-order valence-electron chi connectivity index (χ2n) is 6.37. The minimum absolute atomic E-state index is 0.00181. The number of nitrogens with zero attached hydrogens (tertiary/aromatic N) is 3. The third-order valence-corrected chi connectivity index (χ3v) is 5.95. The monoisotopic (exact) mass is 487 g/mol. The van der Waals surface area contributed by atoms with E-state index in [1.54, 1.807) is 12.1 Å². The van der Waals surface area contributed by atoms with E-state index >= 15 is 0 Å². The summed E-state index contributed by atoms with van der Waals surface area (Å²) in [4.78, 5) is 12.1. The van der Waals surface area contributed by atoms with Gasteiger partial charge in [0.1, 0.15) is 29.5 Å². The molecule has 0 radical (unpaired) electrons. The van der Waals surface area contributed by atoms with Crippen LogP contribution >= 0.6 is 11.6 Å². The molecule has 0 saturated carbocycles. The summed E-state index contributed by atoms with van der Waals surface area (Å²) in [5.74, 6) is 0.589. The van der Waals surface area contributed by atoms with E-state index in [9.17, 15) is 21.6 Å². The van der Waals surface area contributed by atoms with Gasteiger partial charge in [0.05, 0.1) is 21.4 Å². The fourth-order valence-corrected chi connectivity index (χ4v) is 3.48. The first-order valence-electron chi connectivity index (χ1n) is 9.10. The van der Waals surface area contributed by atoms with E-state index in [-0.39, 0.29) is 27.9 Å². The fourth-order valence-electron chi connectivity index (χ4n) is 2.47. The molecule has 0 spiro atoms. The Morgan fingerprint density at radius 3 is 2.34 bits per heavy atom. The molecule has 0 atom stereocenters. The smallest absolute Gasteiger partial charge is 0.422 e. The van der Waals surface area contributed by atoms with Crippen LogP contribution in [0.15, 0.2) is 53.8 Å². The standard InChI is InChI=1S/C19H17ClF3N5O3S/c1-2-32(29,30)13-4-5-15(31-10-19(21,22)23)14(7-13)27-17-8-18(26-11-25-17)28-16-6-3-12(20)9-24-16/h3-9,11H,2,10H2,1H3,(H2,24,25,26,27,28). The summed E-state index contributed by atoms with van der Waals surface area (Å²) in [5.41, 5.74) is -0.00181. The van der Waals surface area contributed by atoms with Gasteiger partial charge in [0.15, 0.2) is 16.4 Å². The Morgan fingerprint density at radius 1 is 1.00 bits per heavy atom. The maximum absolute atomic E-state index is 12.6. The number of alkyl halides is 3. The Hall–Kier alpha value is -3.12. The molecule has 8 nitrogen and oxygen atoms in total. The van der Waals surface area contributed by atoms with E-state index in [4.69, 9.17) is 16.3 Å². The number of nitrogens with one attached hydrogen (secondary N) is 2. The topological polar surface area (TPSA) is 106 Å². The highest BCUT2D eigenvalue weighted by atomic mass is 35.5. The van der Waals surface area contributed by atoms with Gasteiger partial charge in [-0.2, -0.15) is 13.2 Å². The van der Waals surface area contributed by atoms with Crippen molar-refractivity contribution in [3.8, 4) is 5.75 Å². The molecule has 0 bridgehead atoms. The molecule has 0 aliphatic rings. The lowest BCUT2D eigenvalue weighted by atomic mass is 10.3. The number of rotatable bonds is 8. The molecule has 3 aromatic rings. The Balaban J connectivity index is 1.89. The first-order valence-corrected chi connectivity index (χ1v) is 11.1. The molecule has 0 amide bonds. The van der Waals surface area contributed by atoms with Crippen LogP contribution < -0.4 is 15.4 Å². The van der Waals surface area contributed by atoms with Crippen molar-refractivity contribution in [2.45, 2.75) is 18.0 Å². The van der Waals surface area contributed by atoms with Gasteiger partial charge in [0.2, 0.25) is 0 Å². The van der Waals surface area contributed by atoms with Gasteiger partial charge in [0.25, 0.3) is 0 Å². The molecule has 170 valence electrons. The van der Waals surface area contributed by atoms with E-state index in [2.05, 4.69) is 25.6 Å². The van der Waals surface area contributed by atoms with Gasteiger partial charge in [-0.15, -0.1) is 0 Å². The van der Waals surface area contributed by atoms with Crippen LogP contribution in [0.4, 0.5) is 36.3 Å². The summed E-state index contributed by atoms with van der Waals surface area (Å²) in [7, 11) is -3.61. The highest BCUT2D eigenvalue weighted by molar-refractivity contribution is 7.91. The molecule has 0 unspecified atom stereocenters. The summed E-state index contributed by atoms with van der Waals surface area (Å²) >= 11 is 5.80. The molecule has 2 heterocycles. The SMILES string of the molecule is CCS(=O)(=O)c1ccc(OCC(F)(F)F)c(Nc2cc(Nc3ccc(Cl)cn3)ncn2)c1. The average Bonchev–Trinajstić information content (AvgIpc) is 2.74. The fraction of sp³-hybridized carbons (Fsp3) is 0.211. The highest BCUT2D eigenvalue weighted by Gasteiger charge is 2.29. The Kier molecular flexibility index (Phi) is 7.04. The van der Waals surface area contributed by atoms with Crippen LogP contribution in [0.5, 0.6) is 5.75 Å². The van der Waals surface area contributed by atoms with Crippen molar-refractivity contribution in [1.82, 2.24) is 15.0 Å². The molecule has 3 rings (SSSR count). The van der Waals surface area contributed by atoms with E-state index in [1.165, 1.54) is 37.6 Å². The molecule has 0 aliphatic heterocycles. The van der Waals surface area contributed by atoms with Crippen molar-refractivity contribution < 1.29 is 26.3 Å². The van der Waals surface area contributed by atoms with Gasteiger partial charge in [0, 0.05) is 12.3 Å². The van der Waals surface area contributed by atoms with Crippen molar-refractivity contribution in [3.63, 3.8) is 0 Å². The summed E-state index contributed by atoms with van der Waals surface area (Å²) in [6.07, 6.45) is -1.92. The van der Waals surface area contributed by atoms with Gasteiger partial charge < -0.3 is 15.4 Å². The summed E-state index contributed by atoms with van der Waals surface area (Å²) in [6.45, 7) is -0.0793. The zero-order chi connectivity index (χ0) is 23.4. The van der Waals surface area contributed by atoms with Crippen LogP contribution in [-0.4, -0.2) is 41.9 Å². The predicted octanol–water partition coefficient (Wildman–Crippen LogP) is 4.75. The highest BCUT2D eigenvalue weighted by Crippen LogP contribution is 2.32. The molecule has 0 fully saturated rings. The number of pyridine rings is 1. The number of ether oxygens (including phenoxy) is 1. The molecule has 13 heteroatoms. The zero-order valence-corrected chi connectivity index (χ0v) is 18.1. The van der Waals surface area contributed by atoms with Crippen LogP contribution in [0.25, 0.3) is 0 Å². The van der Waals surface area contributed by atoms with Crippen LogP contribution in [0, 0.1) is 0 Å². The third kappa shape index (κ3) is 6.44. The second kappa shape index (κ2) is 9.57. The zero-order valence-electron chi connectivity index (χ0n) is 16.5. The maximum Gasteiger partial charge on any atom is 0.422 e. The van der Waals surface area contributed by atoms with Crippen LogP contribution in [0.2, 0.25) is 5.02 Å². The Morgan fingerprint density at radius 2 is 1.72 bits per heavy atom. The van der Waals surface area contributed by atoms with Gasteiger partial charge in [-0.05, 0) is 30.3 Å². The Bertz CT molecular complexity index is 1190. The largest absolute Gasteiger partial charge is 0.482 e. The number of anilines is 4. The first kappa shape index (κ1) is 23.5. The lowest BCUT2D eigenvalue weighted by Gasteiger charge is -2.16.